The summed E-state index contributed by atoms with van der Waals surface area (Å²) in [5.74, 6) is 0.238. The third-order valence-electron chi connectivity index (χ3n) is 2.81. The van der Waals surface area contributed by atoms with Crippen LogP contribution in [0.1, 0.15) is 37.6 Å². The minimum atomic E-state index is -0.143. The van der Waals surface area contributed by atoms with Gasteiger partial charge in [0.25, 0.3) is 0 Å². The average Bonchev–Trinajstić information content (AvgIpc) is 2.39. The fraction of sp³-hybridized carbons (Fsp3) is 0.278. The molecular weight excluding hydrogens is 359 g/mol. The van der Waals surface area contributed by atoms with Gasteiger partial charge >= 0.3 is 21.2 Å². The normalized spacial score (nSPS) is 11.3. The third-order valence-corrected chi connectivity index (χ3v) is 5.49. The number of Topliss-reactive ketones (excluding diaryl/α,β-unsaturated/α-hetero) is 1. The van der Waals surface area contributed by atoms with E-state index in [1.165, 1.54) is 7.14 Å². The molecule has 0 aromatic heterocycles. The zero-order valence-corrected chi connectivity index (χ0v) is 14.3. The van der Waals surface area contributed by atoms with Gasteiger partial charge < -0.3 is 0 Å². The number of hydrogen-bond acceptors (Lipinski definition) is 1. The minimum absolute atomic E-state index is 0.0483. The molecule has 0 aliphatic heterocycles. The molecule has 0 bridgehead atoms. The largest absolute Gasteiger partial charge is 0.357 e. The Morgan fingerprint density at radius 3 is 2.00 bits per heavy atom. The van der Waals surface area contributed by atoms with Gasteiger partial charge in [-0.05, 0) is 41.8 Å². The number of halogens is 1. The maximum absolute atomic E-state index is 12.1. The first-order valence-electron chi connectivity index (χ1n) is 6.77. The van der Waals surface area contributed by atoms with E-state index < -0.39 is 0 Å². The molecule has 104 valence electrons. The SMILES string of the molecule is CC(C)(C)CC(=O)c1ccc([I+]c2ccccc2)cc1. The molecule has 0 atom stereocenters. The van der Waals surface area contributed by atoms with Crippen molar-refractivity contribution in [2.75, 3.05) is 0 Å². The molecule has 0 fully saturated rings. The molecule has 0 aliphatic carbocycles. The lowest BCUT2D eigenvalue weighted by molar-refractivity contribution is -0.597. The van der Waals surface area contributed by atoms with Crippen LogP contribution in [0.5, 0.6) is 0 Å². The molecule has 2 rings (SSSR count). The van der Waals surface area contributed by atoms with Gasteiger partial charge in [-0.25, -0.2) is 0 Å². The lowest BCUT2D eigenvalue weighted by Crippen LogP contribution is -3.61. The van der Waals surface area contributed by atoms with E-state index in [0.29, 0.717) is 6.42 Å². The van der Waals surface area contributed by atoms with Crippen LogP contribution >= 0.6 is 0 Å². The quantitative estimate of drug-likeness (QED) is 0.581. The molecule has 0 aliphatic rings. The second kappa shape index (κ2) is 6.53. The van der Waals surface area contributed by atoms with Gasteiger partial charge in [-0.1, -0.05) is 39.0 Å². The maximum Gasteiger partial charge on any atom is 0.357 e. The van der Waals surface area contributed by atoms with E-state index >= 15 is 0 Å². The molecule has 0 N–H and O–H groups in total. The van der Waals surface area contributed by atoms with Gasteiger partial charge in [-0.2, -0.15) is 0 Å². The molecule has 1 nitrogen and oxygen atoms in total. The standard InChI is InChI=1S/C18H20IO/c1-18(2,3)13-17(20)14-9-11-16(12-10-14)19-15-7-5-4-6-8-15/h4-12H,13H2,1-3H3/q+1. The van der Waals surface area contributed by atoms with Gasteiger partial charge in [-0.3, -0.25) is 4.79 Å². The van der Waals surface area contributed by atoms with Crippen molar-refractivity contribution in [3.8, 4) is 0 Å². The topological polar surface area (TPSA) is 17.1 Å². The van der Waals surface area contributed by atoms with E-state index in [0.717, 1.165) is 5.56 Å². The Labute approximate surface area is 131 Å². The van der Waals surface area contributed by atoms with Crippen LogP contribution in [0.3, 0.4) is 0 Å². The van der Waals surface area contributed by atoms with E-state index in [1.807, 2.05) is 18.2 Å². The molecule has 0 amide bonds. The van der Waals surface area contributed by atoms with E-state index in [1.54, 1.807) is 0 Å². The van der Waals surface area contributed by atoms with E-state index in [-0.39, 0.29) is 32.4 Å². The highest BCUT2D eigenvalue weighted by atomic mass is 127. The Kier molecular flexibility index (Phi) is 4.97. The molecular formula is C18H20IO+. The molecule has 2 heteroatoms. The summed E-state index contributed by atoms with van der Waals surface area (Å²) in [6.07, 6.45) is 0.597. The van der Waals surface area contributed by atoms with Crippen LogP contribution in [-0.2, 0) is 0 Å². The van der Waals surface area contributed by atoms with Crippen LogP contribution in [0.25, 0.3) is 0 Å². The summed E-state index contributed by atoms with van der Waals surface area (Å²) < 4.78 is 2.75. The van der Waals surface area contributed by atoms with Gasteiger partial charge in [0.15, 0.2) is 12.9 Å². The van der Waals surface area contributed by atoms with Crippen LogP contribution in [-0.4, -0.2) is 5.78 Å². The first kappa shape index (κ1) is 15.2. The van der Waals surface area contributed by atoms with E-state index in [9.17, 15) is 4.79 Å². The van der Waals surface area contributed by atoms with Crippen LogP contribution in [0.2, 0.25) is 0 Å². The molecule has 0 saturated carbocycles. The van der Waals surface area contributed by atoms with Gasteiger partial charge in [0.2, 0.25) is 0 Å². The average molecular weight is 379 g/mol. The number of hydrogen-bond donors (Lipinski definition) is 0. The molecule has 2 aromatic rings. The predicted molar refractivity (Wildman–Crippen MR) is 78.7 cm³/mol. The lowest BCUT2D eigenvalue weighted by Gasteiger charge is -2.16. The Bertz CT molecular complexity index is 565. The number of benzene rings is 2. The highest BCUT2D eigenvalue weighted by Gasteiger charge is 2.19. The van der Waals surface area contributed by atoms with Crippen LogP contribution < -0.4 is 21.2 Å². The number of carbonyl (C=O) groups is 1. The van der Waals surface area contributed by atoms with E-state index in [2.05, 4.69) is 57.2 Å². The molecule has 0 radical (unpaired) electrons. The minimum Gasteiger partial charge on any atom is -0.294 e. The van der Waals surface area contributed by atoms with Crippen LogP contribution in [0.4, 0.5) is 0 Å². The first-order chi connectivity index (χ1) is 9.44. The molecule has 20 heavy (non-hydrogen) atoms. The fourth-order valence-corrected chi connectivity index (χ4v) is 4.10. The summed E-state index contributed by atoms with van der Waals surface area (Å²) in [4.78, 5) is 12.1. The summed E-state index contributed by atoms with van der Waals surface area (Å²) in [5.41, 5.74) is 0.882. The highest BCUT2D eigenvalue weighted by molar-refractivity contribution is 5.96. The fourth-order valence-electron chi connectivity index (χ4n) is 1.89. The first-order valence-corrected chi connectivity index (χ1v) is 8.93. The molecule has 0 saturated heterocycles. The molecule has 0 unspecified atom stereocenters. The van der Waals surface area contributed by atoms with Crippen molar-refractivity contribution in [3.05, 3.63) is 67.3 Å². The second-order valence-electron chi connectivity index (χ2n) is 6.06. The summed E-state index contributed by atoms with van der Waals surface area (Å²) in [5, 5.41) is 0. The van der Waals surface area contributed by atoms with Gasteiger partial charge in [-0.15, -0.1) is 0 Å². The highest BCUT2D eigenvalue weighted by Crippen LogP contribution is 2.21. The van der Waals surface area contributed by atoms with Crippen molar-refractivity contribution >= 4 is 5.78 Å². The van der Waals surface area contributed by atoms with Crippen molar-refractivity contribution < 1.29 is 26.0 Å². The van der Waals surface area contributed by atoms with Crippen LogP contribution in [0.15, 0.2) is 54.6 Å². The molecule has 0 spiro atoms. The molecule has 2 aromatic carbocycles. The predicted octanol–water partition coefficient (Wildman–Crippen LogP) is 1.43. The smallest absolute Gasteiger partial charge is 0.294 e. The number of carbonyl (C=O) groups excluding carboxylic acids is 1. The van der Waals surface area contributed by atoms with Gasteiger partial charge in [0.1, 0.15) is 0 Å². The molecule has 0 heterocycles. The summed E-state index contributed by atoms with van der Waals surface area (Å²) in [6.45, 7) is 6.29. The Hall–Kier alpha value is -1.16. The van der Waals surface area contributed by atoms with E-state index in [4.69, 9.17) is 0 Å². The monoisotopic (exact) mass is 379 g/mol. The summed E-state index contributed by atoms with van der Waals surface area (Å²) in [6, 6.07) is 18.7. The Morgan fingerprint density at radius 2 is 1.45 bits per heavy atom. The lowest BCUT2D eigenvalue weighted by atomic mass is 9.88. The van der Waals surface area contributed by atoms with Gasteiger partial charge in [0, 0.05) is 12.0 Å². The zero-order chi connectivity index (χ0) is 14.6. The van der Waals surface area contributed by atoms with Crippen molar-refractivity contribution in [2.45, 2.75) is 27.2 Å². The Balaban J connectivity index is 2.05. The van der Waals surface area contributed by atoms with Crippen molar-refractivity contribution in [3.63, 3.8) is 0 Å². The van der Waals surface area contributed by atoms with Crippen molar-refractivity contribution in [2.24, 2.45) is 5.41 Å². The number of ketones is 1. The van der Waals surface area contributed by atoms with Gasteiger partial charge in [0.05, 0.1) is 0 Å². The third kappa shape index (κ3) is 4.75. The second-order valence-corrected chi connectivity index (χ2v) is 9.09. The summed E-state index contributed by atoms with van der Waals surface area (Å²) in [7, 11) is 0. The Morgan fingerprint density at radius 1 is 0.900 bits per heavy atom. The zero-order valence-electron chi connectivity index (χ0n) is 12.2. The van der Waals surface area contributed by atoms with Crippen molar-refractivity contribution in [1.82, 2.24) is 0 Å². The number of rotatable bonds is 4. The maximum atomic E-state index is 12.1. The van der Waals surface area contributed by atoms with Crippen LogP contribution in [0, 0.1) is 12.6 Å². The summed E-state index contributed by atoms with van der Waals surface area (Å²) >= 11 is -0.143. The van der Waals surface area contributed by atoms with Crippen molar-refractivity contribution in [1.29, 1.82) is 0 Å².